The summed E-state index contributed by atoms with van der Waals surface area (Å²) in [5, 5.41) is 9.70. The Morgan fingerprint density at radius 1 is 1.21 bits per heavy atom. The van der Waals surface area contributed by atoms with E-state index in [9.17, 15) is 19.2 Å². The predicted molar refractivity (Wildman–Crippen MR) is 122 cm³/mol. The molecule has 34 heavy (non-hydrogen) atoms. The molecule has 2 aromatic carbocycles. The van der Waals surface area contributed by atoms with Gasteiger partial charge in [-0.3, -0.25) is 13.9 Å². The van der Waals surface area contributed by atoms with Crippen molar-refractivity contribution >= 4 is 28.9 Å². The van der Waals surface area contributed by atoms with Gasteiger partial charge in [0, 0.05) is 18.1 Å². The lowest BCUT2D eigenvalue weighted by molar-refractivity contribution is 0.143. The van der Waals surface area contributed by atoms with Crippen LogP contribution in [0, 0.1) is 0 Å². The third-order valence-corrected chi connectivity index (χ3v) is 6.42. The van der Waals surface area contributed by atoms with Gasteiger partial charge in [-0.15, -0.1) is 0 Å². The van der Waals surface area contributed by atoms with Crippen molar-refractivity contribution < 1.29 is 19.1 Å². The summed E-state index contributed by atoms with van der Waals surface area (Å²) in [5.41, 5.74) is 1.000. The summed E-state index contributed by atoms with van der Waals surface area (Å²) in [4.78, 5) is 50.0. The van der Waals surface area contributed by atoms with Gasteiger partial charge in [0.2, 0.25) is 5.75 Å². The van der Waals surface area contributed by atoms with Crippen LogP contribution in [0.3, 0.4) is 0 Å². The summed E-state index contributed by atoms with van der Waals surface area (Å²) in [6.45, 7) is 0. The van der Waals surface area contributed by atoms with Crippen LogP contribution in [0.1, 0.15) is 30.0 Å². The normalized spacial score (nSPS) is 15.3. The summed E-state index contributed by atoms with van der Waals surface area (Å²) in [5.74, 6) is -1.11. The number of hydrogen-bond donors (Lipinski definition) is 1. The molecule has 1 N–H and O–H groups in total. The molecule has 1 unspecified atom stereocenters. The van der Waals surface area contributed by atoms with Crippen LogP contribution in [-0.4, -0.2) is 25.0 Å². The van der Waals surface area contributed by atoms with Crippen LogP contribution in [-0.2, 0) is 13.5 Å². The summed E-state index contributed by atoms with van der Waals surface area (Å²) in [7, 11) is 1.55. The number of aromatic nitrogens is 3. The third kappa shape index (κ3) is 3.43. The van der Waals surface area contributed by atoms with Gasteiger partial charge in [-0.05, 0) is 48.6 Å². The molecule has 0 saturated heterocycles. The van der Waals surface area contributed by atoms with Gasteiger partial charge in [0.05, 0.1) is 23.4 Å². The maximum absolute atomic E-state index is 13.6. The Morgan fingerprint density at radius 2 is 2.00 bits per heavy atom. The van der Waals surface area contributed by atoms with Crippen molar-refractivity contribution in [3.05, 3.63) is 90.1 Å². The molecule has 0 radical (unpaired) electrons. The molecule has 10 nitrogen and oxygen atoms in total. The minimum atomic E-state index is -1.69. The van der Waals surface area contributed by atoms with Crippen LogP contribution < -0.4 is 21.7 Å². The Labute approximate surface area is 195 Å². The molecule has 0 spiro atoms. The highest BCUT2D eigenvalue weighted by Gasteiger charge is 2.28. The van der Waals surface area contributed by atoms with Crippen molar-refractivity contribution in [2.24, 2.45) is 7.05 Å². The van der Waals surface area contributed by atoms with Gasteiger partial charge < -0.3 is 14.3 Å². The number of hydrogen-bond acceptors (Lipinski definition) is 6. The second kappa shape index (κ2) is 8.07. The van der Waals surface area contributed by atoms with Crippen molar-refractivity contribution in [2.45, 2.75) is 25.3 Å². The maximum Gasteiger partial charge on any atom is 0.511 e. The van der Waals surface area contributed by atoms with Gasteiger partial charge in [-0.1, -0.05) is 23.7 Å². The molecule has 174 valence electrons. The molecule has 0 fully saturated rings. The first kappa shape index (κ1) is 21.8. The van der Waals surface area contributed by atoms with Crippen molar-refractivity contribution in [1.82, 2.24) is 13.7 Å². The fourth-order valence-electron chi connectivity index (χ4n) is 4.49. The van der Waals surface area contributed by atoms with Crippen molar-refractivity contribution in [3.63, 3.8) is 0 Å². The topological polar surface area (TPSA) is 126 Å². The Balaban J connectivity index is 1.78. The monoisotopic (exact) mass is 483 g/mol. The molecule has 4 aromatic rings. The number of oxazole rings is 1. The van der Waals surface area contributed by atoms with Crippen LogP contribution in [0.15, 0.2) is 61.4 Å². The van der Waals surface area contributed by atoms with E-state index in [1.165, 1.54) is 10.6 Å². The zero-order chi connectivity index (χ0) is 24.1. The number of carboxylic acid groups (broad SMARTS) is 1. The summed E-state index contributed by atoms with van der Waals surface area (Å²) >= 11 is 6.36. The van der Waals surface area contributed by atoms with Crippen molar-refractivity contribution in [1.29, 1.82) is 0 Å². The second-order valence-corrected chi connectivity index (χ2v) is 8.39. The Kier molecular flexibility index (Phi) is 5.17. The number of aryl methyl sites for hydroxylation is 1. The van der Waals surface area contributed by atoms with Gasteiger partial charge in [-0.2, -0.15) is 0 Å². The number of nitrogens with zero attached hydrogens (tertiary/aromatic N) is 3. The van der Waals surface area contributed by atoms with Gasteiger partial charge in [0.25, 0.3) is 5.56 Å². The average Bonchev–Trinajstić information content (AvgIpc) is 3.09. The Hall–Kier alpha value is -4.05. The molecule has 0 bridgehead atoms. The van der Waals surface area contributed by atoms with Crippen LogP contribution in [0.4, 0.5) is 4.79 Å². The lowest BCUT2D eigenvalue weighted by atomic mass is 9.87. The van der Waals surface area contributed by atoms with Crippen LogP contribution in [0.25, 0.3) is 16.8 Å². The highest BCUT2D eigenvalue weighted by Crippen LogP contribution is 2.35. The van der Waals surface area contributed by atoms with E-state index in [1.54, 1.807) is 37.4 Å². The molecule has 1 atom stereocenters. The van der Waals surface area contributed by atoms with Gasteiger partial charge >= 0.3 is 17.6 Å². The lowest BCUT2D eigenvalue weighted by Crippen LogP contribution is -2.43. The van der Waals surface area contributed by atoms with E-state index in [0.29, 0.717) is 29.8 Å². The fourth-order valence-corrected chi connectivity index (χ4v) is 4.77. The van der Waals surface area contributed by atoms with E-state index in [2.05, 4.69) is 0 Å². The zero-order valence-corrected chi connectivity index (χ0v) is 18.6. The summed E-state index contributed by atoms with van der Waals surface area (Å²) < 4.78 is 13.4. The van der Waals surface area contributed by atoms with E-state index in [0.717, 1.165) is 26.5 Å². The summed E-state index contributed by atoms with van der Waals surface area (Å²) in [6, 6.07) is 9.24. The van der Waals surface area contributed by atoms with Crippen LogP contribution in [0.5, 0.6) is 5.75 Å². The van der Waals surface area contributed by atoms with Gasteiger partial charge in [0.1, 0.15) is 0 Å². The highest BCUT2D eigenvalue weighted by molar-refractivity contribution is 6.31. The Bertz CT molecular complexity index is 1640. The number of benzene rings is 2. The minimum absolute atomic E-state index is 0.227. The van der Waals surface area contributed by atoms with Crippen molar-refractivity contribution in [3.8, 4) is 11.4 Å². The number of rotatable bonds is 3. The molecule has 0 aliphatic heterocycles. The molecule has 1 aliphatic carbocycles. The van der Waals surface area contributed by atoms with Crippen LogP contribution in [0.2, 0.25) is 5.02 Å². The van der Waals surface area contributed by atoms with E-state index in [4.69, 9.17) is 25.9 Å². The fraction of sp³-hybridized carbons (Fsp3) is 0.217. The number of ether oxygens (including phenoxy) is 1. The lowest BCUT2D eigenvalue weighted by Gasteiger charge is -2.28. The molecule has 0 amide bonds. The quantitative estimate of drug-likeness (QED) is 0.444. The zero-order valence-electron chi connectivity index (χ0n) is 17.9. The highest BCUT2D eigenvalue weighted by atomic mass is 35.5. The largest absolute Gasteiger partial charge is 0.511 e. The molecule has 2 heterocycles. The molecule has 0 saturated carbocycles. The minimum Gasteiger partial charge on any atom is -0.449 e. The molecule has 2 aromatic heterocycles. The van der Waals surface area contributed by atoms with E-state index >= 15 is 0 Å². The average molecular weight is 484 g/mol. The first-order chi connectivity index (χ1) is 16.3. The standard InChI is InChI=1S/C23H18ClN3O7/c1-25-17-9-8-12(10-18(17)33-22(25)30)26-11-19(34-23(31)32)20(28)27(21(26)29)16-7-3-4-13-14(16)5-2-6-15(13)24/h2,5-6,8-11,16H,3-4,7H2,1H3,(H,31,32). The number of fused-ring (bicyclic) bond motifs is 2. The Morgan fingerprint density at radius 3 is 2.76 bits per heavy atom. The predicted octanol–water partition coefficient (Wildman–Crippen LogP) is 3.08. The maximum atomic E-state index is 13.6. The van der Waals surface area contributed by atoms with Gasteiger partial charge in [-0.25, -0.2) is 19.0 Å². The third-order valence-electron chi connectivity index (χ3n) is 6.07. The first-order valence-electron chi connectivity index (χ1n) is 10.4. The van der Waals surface area contributed by atoms with Crippen molar-refractivity contribution in [2.75, 3.05) is 0 Å². The molecular weight excluding hydrogens is 466 g/mol. The SMILES string of the molecule is Cn1c(=O)oc2cc(-n3cc(OC(=O)O)c(=O)n(C4CCCc5c(Cl)cccc54)c3=O)ccc21. The van der Waals surface area contributed by atoms with Crippen LogP contribution >= 0.6 is 11.6 Å². The first-order valence-corrected chi connectivity index (χ1v) is 10.8. The summed E-state index contributed by atoms with van der Waals surface area (Å²) in [6.07, 6.45) is 1.19. The smallest absolute Gasteiger partial charge is 0.449 e. The molecule has 11 heteroatoms. The molecular formula is C23H18ClN3O7. The van der Waals surface area contributed by atoms with Gasteiger partial charge in [0.15, 0.2) is 5.58 Å². The second-order valence-electron chi connectivity index (χ2n) is 7.98. The van der Waals surface area contributed by atoms with E-state index in [-0.39, 0.29) is 11.3 Å². The molecule has 5 rings (SSSR count). The molecule has 1 aliphatic rings. The number of halogens is 1. The van der Waals surface area contributed by atoms with E-state index in [1.807, 2.05) is 0 Å². The number of carbonyl (C=O) groups is 1. The van der Waals surface area contributed by atoms with E-state index < -0.39 is 35.0 Å².